The molecule has 0 amide bonds. The van der Waals surface area contributed by atoms with Gasteiger partial charge in [-0.05, 0) is 12.0 Å². The SMILES string of the molecule is COc1ccc(CS(=O)(=O)C(C(=O)O)C(C)C)nn1. The minimum absolute atomic E-state index is 0.188. The molecule has 0 bridgehead atoms. The maximum atomic E-state index is 12.1. The van der Waals surface area contributed by atoms with Crippen LogP contribution in [0.25, 0.3) is 0 Å². The van der Waals surface area contributed by atoms with Crippen LogP contribution in [0.4, 0.5) is 0 Å². The van der Waals surface area contributed by atoms with Crippen LogP contribution in [0.2, 0.25) is 0 Å². The van der Waals surface area contributed by atoms with E-state index in [1.54, 1.807) is 13.8 Å². The second-order valence-corrected chi connectivity index (χ2v) is 6.50. The van der Waals surface area contributed by atoms with Gasteiger partial charge in [-0.2, -0.15) is 5.10 Å². The monoisotopic (exact) mass is 288 g/mol. The maximum absolute atomic E-state index is 12.1. The molecule has 1 aromatic rings. The first-order valence-corrected chi connectivity index (χ1v) is 7.30. The van der Waals surface area contributed by atoms with Gasteiger partial charge in [0.1, 0.15) is 0 Å². The quantitative estimate of drug-likeness (QED) is 0.812. The first-order valence-electron chi connectivity index (χ1n) is 5.59. The van der Waals surface area contributed by atoms with Gasteiger partial charge in [-0.15, -0.1) is 5.10 Å². The lowest BCUT2D eigenvalue weighted by Gasteiger charge is -2.16. The lowest BCUT2D eigenvalue weighted by molar-refractivity contribution is -0.137. The van der Waals surface area contributed by atoms with Gasteiger partial charge in [-0.1, -0.05) is 13.8 Å². The Morgan fingerprint density at radius 1 is 1.37 bits per heavy atom. The molecular formula is C11H16N2O5S. The number of nitrogens with zero attached hydrogens (tertiary/aromatic N) is 2. The van der Waals surface area contributed by atoms with Crippen molar-refractivity contribution in [3.63, 3.8) is 0 Å². The fourth-order valence-electron chi connectivity index (χ4n) is 1.68. The van der Waals surface area contributed by atoms with Crippen molar-refractivity contribution in [2.45, 2.75) is 24.9 Å². The van der Waals surface area contributed by atoms with Gasteiger partial charge < -0.3 is 9.84 Å². The van der Waals surface area contributed by atoms with Gasteiger partial charge in [0.05, 0.1) is 18.6 Å². The van der Waals surface area contributed by atoms with E-state index in [9.17, 15) is 13.2 Å². The topological polar surface area (TPSA) is 106 Å². The van der Waals surface area contributed by atoms with Gasteiger partial charge in [-0.25, -0.2) is 8.42 Å². The summed E-state index contributed by atoms with van der Waals surface area (Å²) < 4.78 is 28.9. The summed E-state index contributed by atoms with van der Waals surface area (Å²) in [6.45, 7) is 3.10. The summed E-state index contributed by atoms with van der Waals surface area (Å²) >= 11 is 0. The van der Waals surface area contributed by atoms with Crippen molar-refractivity contribution in [2.75, 3.05) is 7.11 Å². The van der Waals surface area contributed by atoms with E-state index >= 15 is 0 Å². The molecule has 1 heterocycles. The van der Waals surface area contributed by atoms with Crippen LogP contribution >= 0.6 is 0 Å². The number of hydrogen-bond acceptors (Lipinski definition) is 6. The number of carbonyl (C=O) groups is 1. The third-order valence-electron chi connectivity index (χ3n) is 2.49. The van der Waals surface area contributed by atoms with Gasteiger partial charge in [-0.3, -0.25) is 4.79 Å². The number of rotatable bonds is 6. The zero-order chi connectivity index (χ0) is 14.6. The van der Waals surface area contributed by atoms with Crippen molar-refractivity contribution in [2.24, 2.45) is 5.92 Å². The van der Waals surface area contributed by atoms with Gasteiger partial charge in [0.2, 0.25) is 5.88 Å². The fraction of sp³-hybridized carbons (Fsp3) is 0.545. The third-order valence-corrected chi connectivity index (χ3v) is 4.71. The molecule has 1 N–H and O–H groups in total. The van der Waals surface area contributed by atoms with Crippen LogP contribution in [0.5, 0.6) is 5.88 Å². The Morgan fingerprint density at radius 2 is 2.00 bits per heavy atom. The molecule has 0 aliphatic rings. The highest BCUT2D eigenvalue weighted by molar-refractivity contribution is 7.92. The largest absolute Gasteiger partial charge is 0.480 e. The van der Waals surface area contributed by atoms with Gasteiger partial charge in [0, 0.05) is 6.07 Å². The molecule has 1 unspecified atom stereocenters. The molecule has 7 nitrogen and oxygen atoms in total. The average molecular weight is 288 g/mol. The molecule has 0 saturated heterocycles. The Kier molecular flexibility index (Phi) is 4.82. The van der Waals surface area contributed by atoms with Gasteiger partial charge >= 0.3 is 5.97 Å². The zero-order valence-electron chi connectivity index (χ0n) is 10.9. The molecule has 0 aliphatic carbocycles. The van der Waals surface area contributed by atoms with E-state index in [1.807, 2.05) is 0 Å². The highest BCUT2D eigenvalue weighted by Crippen LogP contribution is 2.17. The minimum Gasteiger partial charge on any atom is -0.480 e. The van der Waals surface area contributed by atoms with E-state index in [1.165, 1.54) is 19.2 Å². The third kappa shape index (κ3) is 3.88. The molecule has 106 valence electrons. The molecule has 1 atom stereocenters. The Hall–Kier alpha value is -1.70. The fourth-order valence-corrected chi connectivity index (χ4v) is 3.57. The molecule has 0 aromatic carbocycles. The molecule has 1 aromatic heterocycles. The average Bonchev–Trinajstić information content (AvgIpc) is 2.27. The molecule has 0 spiro atoms. The van der Waals surface area contributed by atoms with Crippen molar-refractivity contribution < 1.29 is 23.1 Å². The van der Waals surface area contributed by atoms with Gasteiger partial charge in [0.25, 0.3) is 0 Å². The number of sulfone groups is 1. The summed E-state index contributed by atoms with van der Waals surface area (Å²) in [6, 6.07) is 2.92. The molecule has 1 rings (SSSR count). The molecule has 0 fully saturated rings. The van der Waals surface area contributed by atoms with Crippen molar-refractivity contribution >= 4 is 15.8 Å². The predicted octanol–water partition coefficient (Wildman–Crippen LogP) is 0.509. The summed E-state index contributed by atoms with van der Waals surface area (Å²) in [5.41, 5.74) is 0.188. The van der Waals surface area contributed by atoms with Crippen LogP contribution in [-0.4, -0.2) is 42.1 Å². The van der Waals surface area contributed by atoms with Crippen molar-refractivity contribution in [3.8, 4) is 5.88 Å². The van der Waals surface area contributed by atoms with Crippen LogP contribution in [0.3, 0.4) is 0 Å². The second-order valence-electron chi connectivity index (χ2n) is 4.38. The first kappa shape index (κ1) is 15.4. The van der Waals surface area contributed by atoms with E-state index < -0.39 is 32.7 Å². The van der Waals surface area contributed by atoms with E-state index in [0.29, 0.717) is 0 Å². The number of aliphatic carboxylic acids is 1. The van der Waals surface area contributed by atoms with Crippen molar-refractivity contribution in [1.82, 2.24) is 10.2 Å². The smallest absolute Gasteiger partial charge is 0.322 e. The van der Waals surface area contributed by atoms with Crippen molar-refractivity contribution in [3.05, 3.63) is 17.8 Å². The first-order chi connectivity index (χ1) is 8.77. The lowest BCUT2D eigenvalue weighted by atomic mass is 10.1. The number of carboxylic acid groups (broad SMARTS) is 1. The molecule has 0 radical (unpaired) electrons. The highest BCUT2D eigenvalue weighted by Gasteiger charge is 2.35. The number of hydrogen-bond donors (Lipinski definition) is 1. The van der Waals surface area contributed by atoms with Crippen LogP contribution in [0, 0.1) is 5.92 Å². The number of aromatic nitrogens is 2. The Labute approximate surface area is 111 Å². The molecule has 19 heavy (non-hydrogen) atoms. The van der Waals surface area contributed by atoms with E-state index in [4.69, 9.17) is 9.84 Å². The van der Waals surface area contributed by atoms with E-state index in [2.05, 4.69) is 10.2 Å². The molecule has 8 heteroatoms. The molecule has 0 aliphatic heterocycles. The van der Waals surface area contributed by atoms with E-state index in [0.717, 1.165) is 0 Å². The predicted molar refractivity (Wildman–Crippen MR) is 67.5 cm³/mol. The zero-order valence-corrected chi connectivity index (χ0v) is 11.7. The van der Waals surface area contributed by atoms with Crippen LogP contribution in [0.15, 0.2) is 12.1 Å². The normalized spacial score (nSPS) is 13.3. The number of ether oxygens (including phenoxy) is 1. The number of methoxy groups -OCH3 is 1. The lowest BCUT2D eigenvalue weighted by Crippen LogP contribution is -2.36. The van der Waals surface area contributed by atoms with Gasteiger partial charge in [0.15, 0.2) is 15.1 Å². The van der Waals surface area contributed by atoms with Crippen LogP contribution < -0.4 is 4.74 Å². The summed E-state index contributed by atoms with van der Waals surface area (Å²) in [5.74, 6) is -2.07. The van der Waals surface area contributed by atoms with E-state index in [-0.39, 0.29) is 11.6 Å². The second kappa shape index (κ2) is 5.96. The van der Waals surface area contributed by atoms with Crippen molar-refractivity contribution in [1.29, 1.82) is 0 Å². The van der Waals surface area contributed by atoms with Crippen LogP contribution in [-0.2, 0) is 20.4 Å². The molecule has 0 saturated carbocycles. The summed E-state index contributed by atoms with van der Waals surface area (Å²) in [4.78, 5) is 11.0. The highest BCUT2D eigenvalue weighted by atomic mass is 32.2. The summed E-state index contributed by atoms with van der Waals surface area (Å²) in [6.07, 6.45) is 0. The standard InChI is InChI=1S/C11H16N2O5S/c1-7(2)10(11(14)15)19(16,17)6-8-4-5-9(18-3)13-12-8/h4-5,7,10H,6H2,1-3H3,(H,14,15). The van der Waals surface area contributed by atoms with Crippen LogP contribution in [0.1, 0.15) is 19.5 Å². The Morgan fingerprint density at radius 3 is 2.37 bits per heavy atom. The number of carboxylic acids is 1. The molecular weight excluding hydrogens is 272 g/mol. The summed E-state index contributed by atoms with van der Waals surface area (Å²) in [5, 5.41) is 14.9. The Bertz CT molecular complexity index is 539. The maximum Gasteiger partial charge on any atom is 0.322 e. The minimum atomic E-state index is -3.84. The summed E-state index contributed by atoms with van der Waals surface area (Å²) in [7, 11) is -2.42. The Balaban J connectivity index is 2.97.